The number of ether oxygens (including phenoxy) is 11. The highest BCUT2D eigenvalue weighted by molar-refractivity contribution is 5.75. The second-order valence-corrected chi connectivity index (χ2v) is 29.4. The average molecular weight is 1280 g/mol. The fourth-order valence-corrected chi connectivity index (χ4v) is 18.2. The van der Waals surface area contributed by atoms with E-state index in [9.17, 15) is 86.5 Å². The fraction of sp³-hybridized carbons (Fsp3) is 0.951. The molecule has 5 aliphatic carbocycles. The lowest BCUT2D eigenvalue weighted by Gasteiger charge is -2.72. The lowest BCUT2D eigenvalue weighted by Crippen LogP contribution is -2.68. The summed E-state index contributed by atoms with van der Waals surface area (Å²) in [5, 5.41) is 175. The largest absolute Gasteiger partial charge is 0.467 e. The molecule has 4 saturated carbocycles. The van der Waals surface area contributed by atoms with Gasteiger partial charge in [0.2, 0.25) is 0 Å². The Hall–Kier alpha value is -1.83. The number of esters is 1. The van der Waals surface area contributed by atoms with Gasteiger partial charge in [-0.05, 0) is 104 Å². The third kappa shape index (κ3) is 11.7. The van der Waals surface area contributed by atoms with E-state index >= 15 is 0 Å². The lowest BCUT2D eigenvalue weighted by atomic mass is 9.33. The van der Waals surface area contributed by atoms with Gasteiger partial charge in [0.15, 0.2) is 37.6 Å². The first-order valence-electron chi connectivity index (χ1n) is 31.7. The van der Waals surface area contributed by atoms with Crippen molar-refractivity contribution in [3.63, 3.8) is 0 Å². The normalized spacial score (nSPS) is 55.0. The molecule has 0 radical (unpaired) electrons. The molecule has 512 valence electrons. The van der Waals surface area contributed by atoms with E-state index in [0.717, 1.165) is 26.4 Å². The first-order chi connectivity index (χ1) is 41.7. The number of fused-ring (bicyclic) bond motifs is 7. The average Bonchev–Trinajstić information content (AvgIpc) is 2.95. The number of hydrogen-bond donors (Lipinski definition) is 16. The molecule has 0 spiro atoms. The van der Waals surface area contributed by atoms with E-state index in [1.54, 1.807) is 0 Å². The molecule has 0 aromatic carbocycles. The van der Waals surface area contributed by atoms with Crippen LogP contribution in [0.25, 0.3) is 0 Å². The van der Waals surface area contributed by atoms with Gasteiger partial charge in [-0.25, -0.2) is 4.79 Å². The number of aliphatic hydroxyl groups is 16. The smallest absolute Gasteiger partial charge is 0.337 e. The molecule has 5 aliphatic heterocycles. The van der Waals surface area contributed by atoms with E-state index in [4.69, 9.17) is 52.1 Å². The van der Waals surface area contributed by atoms with Crippen molar-refractivity contribution in [3.05, 3.63) is 11.6 Å². The van der Waals surface area contributed by atoms with Gasteiger partial charge in [-0.1, -0.05) is 60.1 Å². The Balaban J connectivity index is 0.910. The van der Waals surface area contributed by atoms with E-state index in [1.807, 2.05) is 6.92 Å². The van der Waals surface area contributed by atoms with Crippen LogP contribution in [0.5, 0.6) is 0 Å². The summed E-state index contributed by atoms with van der Waals surface area (Å²) in [5.41, 5.74) is -1.66. The van der Waals surface area contributed by atoms with Crippen LogP contribution < -0.4 is 0 Å². The Morgan fingerprint density at radius 1 is 0.494 bits per heavy atom. The molecular formula is C61H100O28. The molecule has 16 N–H and O–H groups in total. The van der Waals surface area contributed by atoms with Crippen LogP contribution in [-0.2, 0) is 56.9 Å². The second kappa shape index (κ2) is 26.0. The van der Waals surface area contributed by atoms with Gasteiger partial charge in [0.05, 0.1) is 51.8 Å². The molecule has 9 fully saturated rings. The van der Waals surface area contributed by atoms with E-state index in [1.165, 1.54) is 12.5 Å². The van der Waals surface area contributed by atoms with Gasteiger partial charge in [-0.15, -0.1) is 0 Å². The van der Waals surface area contributed by atoms with E-state index in [0.29, 0.717) is 38.5 Å². The quantitative estimate of drug-likeness (QED) is 0.0429. The Labute approximate surface area is 517 Å². The van der Waals surface area contributed by atoms with Crippen molar-refractivity contribution in [3.8, 4) is 0 Å². The fourth-order valence-electron chi connectivity index (χ4n) is 18.2. The molecule has 5 saturated heterocycles. The highest BCUT2D eigenvalue weighted by Crippen LogP contribution is 2.76. The molecule has 89 heavy (non-hydrogen) atoms. The zero-order valence-corrected chi connectivity index (χ0v) is 52.1. The summed E-state index contributed by atoms with van der Waals surface area (Å²) in [5.74, 6) is -1.22. The number of carbonyl (C=O) groups is 1. The molecule has 10 aliphatic rings. The molecule has 5 heterocycles. The third-order valence-corrected chi connectivity index (χ3v) is 23.9. The molecule has 0 amide bonds. The van der Waals surface area contributed by atoms with Gasteiger partial charge in [-0.3, -0.25) is 0 Å². The maximum atomic E-state index is 13.2. The maximum Gasteiger partial charge on any atom is 0.337 e. The highest BCUT2D eigenvalue weighted by atomic mass is 16.8. The molecule has 0 aromatic heterocycles. The van der Waals surface area contributed by atoms with Crippen LogP contribution >= 0.6 is 0 Å². The third-order valence-electron chi connectivity index (χ3n) is 23.9. The number of rotatable bonds is 15. The maximum absolute atomic E-state index is 13.2. The summed E-state index contributed by atoms with van der Waals surface area (Å²) in [6, 6.07) is 0. The summed E-state index contributed by atoms with van der Waals surface area (Å²) in [6.45, 7) is 14.3. The molecule has 28 nitrogen and oxygen atoms in total. The van der Waals surface area contributed by atoms with Crippen LogP contribution in [0.3, 0.4) is 0 Å². The molecule has 28 heteroatoms. The number of hydrogen-bond acceptors (Lipinski definition) is 28. The minimum atomic E-state index is -2.02. The van der Waals surface area contributed by atoms with Crippen molar-refractivity contribution in [1.29, 1.82) is 0 Å². The molecule has 35 atom stereocenters. The van der Waals surface area contributed by atoms with E-state index in [-0.39, 0.29) is 40.6 Å². The van der Waals surface area contributed by atoms with Gasteiger partial charge >= 0.3 is 5.97 Å². The van der Waals surface area contributed by atoms with Crippen LogP contribution in [0.1, 0.15) is 113 Å². The molecular weight excluding hydrogens is 1180 g/mol. The van der Waals surface area contributed by atoms with Crippen LogP contribution in [0.4, 0.5) is 0 Å². The topological polar surface area (TPSA) is 442 Å². The lowest BCUT2D eigenvalue weighted by molar-refractivity contribution is -0.396. The Morgan fingerprint density at radius 3 is 1.53 bits per heavy atom. The van der Waals surface area contributed by atoms with Crippen molar-refractivity contribution in [1.82, 2.24) is 0 Å². The van der Waals surface area contributed by atoms with Crippen LogP contribution in [0, 0.1) is 50.2 Å². The van der Waals surface area contributed by atoms with Crippen molar-refractivity contribution in [2.45, 2.75) is 279 Å². The van der Waals surface area contributed by atoms with Crippen LogP contribution in [0.2, 0.25) is 0 Å². The minimum Gasteiger partial charge on any atom is -0.467 e. The molecule has 0 aromatic rings. The van der Waals surface area contributed by atoms with Gasteiger partial charge in [0.1, 0.15) is 110 Å². The molecule has 0 bridgehead atoms. The number of carbonyl (C=O) groups excluding carboxylic acids is 1. The van der Waals surface area contributed by atoms with Gasteiger partial charge in [0, 0.05) is 10.8 Å². The van der Waals surface area contributed by atoms with Crippen molar-refractivity contribution < 1.29 is 139 Å². The molecule has 10 rings (SSSR count). The number of allylic oxidation sites excluding steroid dienone is 2. The zero-order valence-electron chi connectivity index (χ0n) is 52.1. The minimum absolute atomic E-state index is 0.0300. The van der Waals surface area contributed by atoms with Gasteiger partial charge in [-0.2, -0.15) is 0 Å². The first kappa shape index (κ1) is 70.0. The van der Waals surface area contributed by atoms with Crippen LogP contribution in [0.15, 0.2) is 11.6 Å². The second-order valence-electron chi connectivity index (χ2n) is 29.4. The Kier molecular flexibility index (Phi) is 20.4. The summed E-state index contributed by atoms with van der Waals surface area (Å²) >= 11 is 0. The predicted molar refractivity (Wildman–Crippen MR) is 300 cm³/mol. The van der Waals surface area contributed by atoms with E-state index < -0.39 is 208 Å². The SMILES string of the molecule is COC(=O)C1O[C@@H](O[C@H]2CC[C@@]3(C)C(CC[C@]4(C)C3CC=C3C5CC(C)(C)C[C@@H](O[C@@H]6O[C@H](CO)[C@@H](O)[C@H](O)[C@H]6O[C@@H]6O[C@H](CO)[C@@H](O)[C@H](O)[C@H]6O)[C@]5(C)CC[C@]34C)[C@@]2(C)CO)[C@H](O[C@@H]2O[C@H](CO)[C@@H](O)[C@H](O)[C@H]2O[C@@H]2O[C@@H](C)[C@H](O)[C@@H](O)[C@H]2O)[C@@H](O)[C@@H]1O. The summed E-state index contributed by atoms with van der Waals surface area (Å²) in [7, 11) is 1.06. The van der Waals surface area contributed by atoms with E-state index in [2.05, 4.69) is 47.6 Å². The first-order valence-corrected chi connectivity index (χ1v) is 31.7. The van der Waals surface area contributed by atoms with Crippen molar-refractivity contribution >= 4 is 5.97 Å². The zero-order chi connectivity index (χ0) is 65.2. The van der Waals surface area contributed by atoms with Crippen LogP contribution in [-0.4, -0.2) is 287 Å². The summed E-state index contributed by atoms with van der Waals surface area (Å²) in [4.78, 5) is 13.2. The summed E-state index contributed by atoms with van der Waals surface area (Å²) in [6.07, 6.45) is -35.7. The molecule has 4 unspecified atom stereocenters. The Morgan fingerprint density at radius 2 is 0.978 bits per heavy atom. The van der Waals surface area contributed by atoms with Crippen molar-refractivity contribution in [2.24, 2.45) is 50.2 Å². The highest BCUT2D eigenvalue weighted by Gasteiger charge is 2.71. The Bertz CT molecular complexity index is 2480. The van der Waals surface area contributed by atoms with Gasteiger partial charge < -0.3 is 134 Å². The van der Waals surface area contributed by atoms with Crippen molar-refractivity contribution in [2.75, 3.05) is 33.5 Å². The standard InChI is InChI=1S/C61H100O28/c1-24-34(66)38(70)44(76)51(80-24)87-48-41(73)37(69)29(22-64)83-54(48)89-49-43(75)42(74)46(50(78)79-9)86-55(49)84-32-13-14-58(5)30(59(32,6)23-65)12-15-61(8)31(58)11-10-25-26-18-56(2,3)19-33(57(26,4)16-17-60(25,61)7)85-53-47(40(72)36(68)28(21-63)82-53)88-52-45(77)39(71)35(67)27(20-62)81-52/h10,24,26-49,51-55,62-77H,11-23H2,1-9H3/t24-,26?,27+,28+,29+,30?,31?,32-,33+,34-,35+,36+,37+,38+,39-,40-,41-,42-,43-,44+,45+,46?,47+,48+,49+,51-,52-,53-,54-,55+,57+,58-,59+,60+,61+/m0/s1. The summed E-state index contributed by atoms with van der Waals surface area (Å²) < 4.78 is 66.9. The predicted octanol–water partition coefficient (Wildman–Crippen LogP) is -3.56. The van der Waals surface area contributed by atoms with Gasteiger partial charge in [0.25, 0.3) is 0 Å². The number of methoxy groups -OCH3 is 1. The monoisotopic (exact) mass is 1280 g/mol. The number of aliphatic hydroxyl groups excluding tert-OH is 16.